The van der Waals surface area contributed by atoms with E-state index in [2.05, 4.69) is 120 Å². The van der Waals surface area contributed by atoms with Gasteiger partial charge in [-0.2, -0.15) is 0 Å². The summed E-state index contributed by atoms with van der Waals surface area (Å²) in [7, 11) is 2.11. The Morgan fingerprint density at radius 1 is 0.683 bits per heavy atom. The van der Waals surface area contributed by atoms with Crippen molar-refractivity contribution in [2.24, 2.45) is 7.05 Å². The summed E-state index contributed by atoms with van der Waals surface area (Å²) in [5, 5.41) is 2.48. The highest BCUT2D eigenvalue weighted by Gasteiger charge is 2.16. The standard InChI is InChI=1S/C37H28N4/c1-41-35-12-5-4-11-34(35)40-37(41)27-19-13-24(14-20-27)28-21-22-31-29(23-28)7-6-8-30(31)25-15-17-26(18-16-25)36-38-32-9-2-3-10-33(32)39-36/h2-3,5-10,12-23H,4,11H2,1H3,(H,38,39). The molecule has 0 bridgehead atoms. The first-order chi connectivity index (χ1) is 20.2. The summed E-state index contributed by atoms with van der Waals surface area (Å²) in [6.45, 7) is 0. The number of fused-ring (bicyclic) bond motifs is 3. The molecule has 0 fully saturated rings. The fraction of sp³-hybridized carbons (Fsp3) is 0.0811. The number of nitrogens with zero attached hydrogens (tertiary/aromatic N) is 3. The molecule has 2 heterocycles. The molecular formula is C37H28N4. The van der Waals surface area contributed by atoms with Crippen molar-refractivity contribution in [1.29, 1.82) is 0 Å². The lowest BCUT2D eigenvalue weighted by Gasteiger charge is -2.10. The van der Waals surface area contributed by atoms with Gasteiger partial charge >= 0.3 is 0 Å². The van der Waals surface area contributed by atoms with E-state index < -0.39 is 0 Å². The molecule has 4 heteroatoms. The molecule has 0 saturated carbocycles. The first kappa shape index (κ1) is 23.6. The second kappa shape index (κ2) is 9.46. The fourth-order valence-corrected chi connectivity index (χ4v) is 6.06. The smallest absolute Gasteiger partial charge is 0.140 e. The van der Waals surface area contributed by atoms with Crippen LogP contribution in [0.25, 0.3) is 72.9 Å². The second-order valence-corrected chi connectivity index (χ2v) is 10.8. The van der Waals surface area contributed by atoms with Gasteiger partial charge in [0.25, 0.3) is 0 Å². The third kappa shape index (κ3) is 4.07. The number of benzene rings is 5. The Balaban J connectivity index is 1.09. The number of H-pyrrole nitrogens is 1. The van der Waals surface area contributed by atoms with E-state index in [9.17, 15) is 0 Å². The van der Waals surface area contributed by atoms with Crippen molar-refractivity contribution in [2.45, 2.75) is 12.8 Å². The SMILES string of the molecule is Cn1c(-c2ccc(-c3ccc4c(-c5ccc(-c6nc7ccccc7[nH]6)cc5)cccc4c3)cc2)nc2c1C=CCC2. The van der Waals surface area contributed by atoms with Crippen molar-refractivity contribution in [3.8, 4) is 45.0 Å². The first-order valence-electron chi connectivity index (χ1n) is 14.1. The molecule has 8 rings (SSSR count). The predicted molar refractivity (Wildman–Crippen MR) is 169 cm³/mol. The lowest BCUT2D eigenvalue weighted by atomic mass is 9.94. The highest BCUT2D eigenvalue weighted by molar-refractivity contribution is 5.99. The molecule has 0 amide bonds. The van der Waals surface area contributed by atoms with Crippen LogP contribution in [0.1, 0.15) is 17.8 Å². The lowest BCUT2D eigenvalue weighted by molar-refractivity contribution is 0.891. The molecule has 0 unspecified atom stereocenters. The van der Waals surface area contributed by atoms with E-state index in [1.807, 2.05) is 18.2 Å². The maximum atomic E-state index is 4.94. The topological polar surface area (TPSA) is 46.5 Å². The summed E-state index contributed by atoms with van der Waals surface area (Å²) in [6.07, 6.45) is 6.52. The molecule has 0 spiro atoms. The van der Waals surface area contributed by atoms with Gasteiger partial charge in [0, 0.05) is 18.2 Å². The molecule has 0 radical (unpaired) electrons. The summed E-state index contributed by atoms with van der Waals surface area (Å²) >= 11 is 0. The van der Waals surface area contributed by atoms with Crippen LogP contribution < -0.4 is 0 Å². The van der Waals surface area contributed by atoms with Crippen LogP contribution in [0.5, 0.6) is 0 Å². The van der Waals surface area contributed by atoms with Crippen LogP contribution in [0, 0.1) is 0 Å². The minimum Gasteiger partial charge on any atom is -0.338 e. The van der Waals surface area contributed by atoms with E-state index in [0.717, 1.165) is 46.7 Å². The Hall–Kier alpha value is -5.22. The highest BCUT2D eigenvalue weighted by Crippen LogP contribution is 2.34. The van der Waals surface area contributed by atoms with E-state index in [1.165, 1.54) is 44.4 Å². The third-order valence-corrected chi connectivity index (χ3v) is 8.25. The molecule has 1 aliphatic rings. The molecule has 7 aromatic rings. The maximum absolute atomic E-state index is 4.94. The summed E-state index contributed by atoms with van der Waals surface area (Å²) in [6, 6.07) is 38.9. The molecule has 5 aromatic carbocycles. The molecule has 1 N–H and O–H groups in total. The van der Waals surface area contributed by atoms with Crippen LogP contribution in [-0.4, -0.2) is 19.5 Å². The van der Waals surface area contributed by atoms with Crippen LogP contribution >= 0.6 is 0 Å². The van der Waals surface area contributed by atoms with Gasteiger partial charge in [-0.05, 0) is 70.1 Å². The number of hydrogen-bond acceptors (Lipinski definition) is 2. The number of hydrogen-bond donors (Lipinski definition) is 1. The van der Waals surface area contributed by atoms with Crippen LogP contribution in [0.3, 0.4) is 0 Å². The Bertz CT molecular complexity index is 2060. The van der Waals surface area contributed by atoms with Crippen molar-refractivity contribution >= 4 is 27.9 Å². The van der Waals surface area contributed by atoms with Crippen LogP contribution in [-0.2, 0) is 13.5 Å². The average molecular weight is 529 g/mol. The zero-order chi connectivity index (χ0) is 27.3. The number of para-hydroxylation sites is 2. The van der Waals surface area contributed by atoms with E-state index >= 15 is 0 Å². The Morgan fingerprint density at radius 2 is 1.44 bits per heavy atom. The van der Waals surface area contributed by atoms with Gasteiger partial charge in [0.15, 0.2) is 0 Å². The quantitative estimate of drug-likeness (QED) is 0.248. The maximum Gasteiger partial charge on any atom is 0.140 e. The van der Waals surface area contributed by atoms with E-state index in [-0.39, 0.29) is 0 Å². The van der Waals surface area contributed by atoms with Crippen LogP contribution in [0.2, 0.25) is 0 Å². The van der Waals surface area contributed by atoms with Gasteiger partial charge in [0.2, 0.25) is 0 Å². The summed E-state index contributed by atoms with van der Waals surface area (Å²) in [5.41, 5.74) is 11.5. The van der Waals surface area contributed by atoms with Gasteiger partial charge in [0.1, 0.15) is 11.6 Å². The van der Waals surface area contributed by atoms with Gasteiger partial charge in [0.05, 0.1) is 22.4 Å². The monoisotopic (exact) mass is 528 g/mol. The van der Waals surface area contributed by atoms with E-state index in [4.69, 9.17) is 9.97 Å². The summed E-state index contributed by atoms with van der Waals surface area (Å²) in [4.78, 5) is 13.1. The van der Waals surface area contributed by atoms with Crippen molar-refractivity contribution in [3.63, 3.8) is 0 Å². The van der Waals surface area contributed by atoms with E-state index in [0.29, 0.717) is 0 Å². The largest absolute Gasteiger partial charge is 0.338 e. The zero-order valence-corrected chi connectivity index (χ0v) is 22.8. The molecule has 0 saturated heterocycles. The number of imidazole rings is 2. The molecule has 0 aliphatic heterocycles. The number of allylic oxidation sites excluding steroid dienone is 1. The molecule has 4 nitrogen and oxygen atoms in total. The van der Waals surface area contributed by atoms with Gasteiger partial charge in [-0.1, -0.05) is 97.1 Å². The van der Waals surface area contributed by atoms with E-state index in [1.54, 1.807) is 0 Å². The highest BCUT2D eigenvalue weighted by atomic mass is 15.1. The minimum atomic E-state index is 0.894. The van der Waals surface area contributed by atoms with Crippen molar-refractivity contribution in [1.82, 2.24) is 19.5 Å². The molecule has 0 atom stereocenters. The van der Waals surface area contributed by atoms with Crippen molar-refractivity contribution in [2.75, 3.05) is 0 Å². The average Bonchev–Trinajstić information content (AvgIpc) is 3.62. The predicted octanol–water partition coefficient (Wildman–Crippen LogP) is 9.08. The first-order valence-corrected chi connectivity index (χ1v) is 14.1. The summed E-state index contributed by atoms with van der Waals surface area (Å²) < 4.78 is 2.21. The number of rotatable bonds is 4. The zero-order valence-electron chi connectivity index (χ0n) is 22.8. The number of aromatic nitrogens is 4. The summed E-state index contributed by atoms with van der Waals surface area (Å²) in [5.74, 6) is 1.92. The number of aryl methyl sites for hydroxylation is 1. The van der Waals surface area contributed by atoms with Crippen molar-refractivity contribution < 1.29 is 0 Å². The van der Waals surface area contributed by atoms with Gasteiger partial charge in [-0.15, -0.1) is 0 Å². The van der Waals surface area contributed by atoms with Gasteiger partial charge in [-0.25, -0.2) is 9.97 Å². The number of nitrogens with one attached hydrogen (secondary N) is 1. The molecule has 1 aliphatic carbocycles. The molecule has 196 valence electrons. The molecule has 2 aromatic heterocycles. The Morgan fingerprint density at radius 3 is 2.27 bits per heavy atom. The Kier molecular flexibility index (Phi) is 5.46. The number of aromatic amines is 1. The normalized spacial score (nSPS) is 12.7. The van der Waals surface area contributed by atoms with Crippen LogP contribution in [0.15, 0.2) is 115 Å². The lowest BCUT2D eigenvalue weighted by Crippen LogP contribution is -1.98. The molecule has 41 heavy (non-hydrogen) atoms. The molecular weight excluding hydrogens is 500 g/mol. The van der Waals surface area contributed by atoms with Gasteiger partial charge in [-0.3, -0.25) is 0 Å². The second-order valence-electron chi connectivity index (χ2n) is 10.8. The minimum absolute atomic E-state index is 0.894. The van der Waals surface area contributed by atoms with Crippen LogP contribution in [0.4, 0.5) is 0 Å². The Labute approximate surface area is 238 Å². The van der Waals surface area contributed by atoms with Gasteiger partial charge < -0.3 is 9.55 Å². The van der Waals surface area contributed by atoms with Crippen molar-refractivity contribution in [3.05, 3.63) is 127 Å². The third-order valence-electron chi connectivity index (χ3n) is 8.25. The fourth-order valence-electron chi connectivity index (χ4n) is 6.06.